The number of aromatic nitrogens is 3. The summed E-state index contributed by atoms with van der Waals surface area (Å²) in [5.74, 6) is 2.67. The average Bonchev–Trinajstić information content (AvgIpc) is 3.25. The zero-order valence-corrected chi connectivity index (χ0v) is 17.6. The summed E-state index contributed by atoms with van der Waals surface area (Å²) in [4.78, 5) is 10.7. The van der Waals surface area contributed by atoms with Gasteiger partial charge in [0.25, 0.3) is 0 Å². The molecule has 7 nitrogen and oxygen atoms in total. The van der Waals surface area contributed by atoms with Crippen molar-refractivity contribution < 1.29 is 9.47 Å². The number of hydrogen-bond acceptors (Lipinski definition) is 6. The molecule has 0 N–H and O–H groups in total. The first-order valence-corrected chi connectivity index (χ1v) is 10.8. The number of fused-ring (bicyclic) bond motifs is 1. The third kappa shape index (κ3) is 4.21. The number of para-hydroxylation sites is 1. The number of benzene rings is 2. The van der Waals surface area contributed by atoms with Crippen LogP contribution in [0.15, 0.2) is 73.2 Å². The number of nitriles is 1. The van der Waals surface area contributed by atoms with Crippen molar-refractivity contribution in [3.63, 3.8) is 0 Å². The molecule has 5 rings (SSSR count). The SMILES string of the molecule is N#CN1CCCCC1Cn1ccc2ncnc(Oc3ccc(Oc4ccccc4)cc3)c21. The third-order valence-corrected chi connectivity index (χ3v) is 5.70. The predicted octanol–water partition coefficient (Wildman–Crippen LogP) is 5.35. The van der Waals surface area contributed by atoms with Gasteiger partial charge >= 0.3 is 0 Å². The summed E-state index contributed by atoms with van der Waals surface area (Å²) in [6.07, 6.45) is 9.05. The molecule has 0 aliphatic carbocycles. The fraction of sp³-hybridized carbons (Fsp3) is 0.240. The fourth-order valence-electron chi connectivity index (χ4n) is 4.09. The Bertz CT molecular complexity index is 1230. The second kappa shape index (κ2) is 8.98. The van der Waals surface area contributed by atoms with Gasteiger partial charge in [-0.15, -0.1) is 0 Å². The van der Waals surface area contributed by atoms with Crippen LogP contribution in [0, 0.1) is 11.5 Å². The summed E-state index contributed by atoms with van der Waals surface area (Å²) in [6, 6.07) is 19.2. The molecular formula is C25H23N5O2. The highest BCUT2D eigenvalue weighted by Gasteiger charge is 2.23. The van der Waals surface area contributed by atoms with E-state index in [9.17, 15) is 5.26 Å². The summed E-state index contributed by atoms with van der Waals surface area (Å²) in [6.45, 7) is 1.52. The van der Waals surface area contributed by atoms with E-state index >= 15 is 0 Å². The van der Waals surface area contributed by atoms with Crippen LogP contribution in [-0.4, -0.2) is 32.0 Å². The number of nitrogens with zero attached hydrogens (tertiary/aromatic N) is 5. The number of likely N-dealkylation sites (tertiary alicyclic amines) is 1. The molecule has 1 atom stereocenters. The van der Waals surface area contributed by atoms with Gasteiger partial charge in [0.05, 0.1) is 11.6 Å². The first-order valence-electron chi connectivity index (χ1n) is 10.8. The molecule has 1 aliphatic heterocycles. The van der Waals surface area contributed by atoms with Crippen molar-refractivity contribution in [3.05, 3.63) is 73.2 Å². The highest BCUT2D eigenvalue weighted by Crippen LogP contribution is 2.30. The van der Waals surface area contributed by atoms with Gasteiger partial charge in [0.2, 0.25) is 5.88 Å². The minimum Gasteiger partial charge on any atom is -0.457 e. The van der Waals surface area contributed by atoms with Crippen molar-refractivity contribution in [3.8, 4) is 29.3 Å². The highest BCUT2D eigenvalue weighted by molar-refractivity contribution is 5.80. The minimum atomic E-state index is 0.173. The van der Waals surface area contributed by atoms with Crippen LogP contribution in [0.3, 0.4) is 0 Å². The molecule has 2 aromatic carbocycles. The van der Waals surface area contributed by atoms with Gasteiger partial charge in [0.15, 0.2) is 6.19 Å². The lowest BCUT2D eigenvalue weighted by atomic mass is 10.0. The van der Waals surface area contributed by atoms with E-state index < -0.39 is 0 Å². The molecule has 0 spiro atoms. The van der Waals surface area contributed by atoms with E-state index in [1.165, 1.54) is 6.33 Å². The van der Waals surface area contributed by atoms with Crippen LogP contribution in [0.5, 0.6) is 23.1 Å². The Balaban J connectivity index is 1.36. The Morgan fingerprint density at radius 3 is 2.44 bits per heavy atom. The maximum absolute atomic E-state index is 9.48. The smallest absolute Gasteiger partial charge is 0.247 e. The van der Waals surface area contributed by atoms with E-state index in [0.29, 0.717) is 18.2 Å². The van der Waals surface area contributed by atoms with Crippen LogP contribution in [0.4, 0.5) is 0 Å². The number of piperidine rings is 1. The molecular weight excluding hydrogens is 402 g/mol. The van der Waals surface area contributed by atoms with Crippen molar-refractivity contribution in [2.24, 2.45) is 0 Å². The molecule has 0 bridgehead atoms. The number of rotatable bonds is 6. The normalized spacial score (nSPS) is 16.0. The van der Waals surface area contributed by atoms with E-state index in [0.717, 1.165) is 48.3 Å². The van der Waals surface area contributed by atoms with Crippen molar-refractivity contribution in [2.75, 3.05) is 6.54 Å². The molecule has 1 unspecified atom stereocenters. The van der Waals surface area contributed by atoms with Crippen LogP contribution in [0.25, 0.3) is 11.0 Å². The molecule has 160 valence electrons. The molecule has 1 aliphatic rings. The first-order chi connectivity index (χ1) is 15.8. The maximum atomic E-state index is 9.48. The molecule has 0 saturated carbocycles. The lowest BCUT2D eigenvalue weighted by Crippen LogP contribution is -2.38. The van der Waals surface area contributed by atoms with Crippen LogP contribution in [-0.2, 0) is 6.54 Å². The standard InChI is InChI=1S/C25H23N5O2/c26-17-30-14-5-4-6-19(30)16-29-15-13-23-24(29)25(28-18-27-23)32-22-11-9-21(10-12-22)31-20-7-2-1-3-8-20/h1-3,7-13,15,18-19H,4-6,14,16H2. The van der Waals surface area contributed by atoms with Gasteiger partial charge in [0, 0.05) is 19.3 Å². The molecule has 1 fully saturated rings. The summed E-state index contributed by atoms with van der Waals surface area (Å²) in [7, 11) is 0. The summed E-state index contributed by atoms with van der Waals surface area (Å²) >= 11 is 0. The molecule has 0 amide bonds. The predicted molar refractivity (Wildman–Crippen MR) is 121 cm³/mol. The Hall–Kier alpha value is -4.05. The van der Waals surface area contributed by atoms with Gasteiger partial charge in [-0.1, -0.05) is 18.2 Å². The van der Waals surface area contributed by atoms with Crippen molar-refractivity contribution in [2.45, 2.75) is 31.8 Å². The van der Waals surface area contributed by atoms with Crippen LogP contribution < -0.4 is 9.47 Å². The Morgan fingerprint density at radius 2 is 1.66 bits per heavy atom. The largest absolute Gasteiger partial charge is 0.457 e. The Kier molecular flexibility index (Phi) is 5.58. The lowest BCUT2D eigenvalue weighted by Gasteiger charge is -2.31. The molecule has 32 heavy (non-hydrogen) atoms. The zero-order chi connectivity index (χ0) is 21.8. The Morgan fingerprint density at radius 1 is 0.906 bits per heavy atom. The van der Waals surface area contributed by atoms with Gasteiger partial charge in [-0.05, 0) is 61.7 Å². The summed E-state index contributed by atoms with van der Waals surface area (Å²) < 4.78 is 14.1. The topological polar surface area (TPSA) is 76.2 Å². The highest BCUT2D eigenvalue weighted by atomic mass is 16.5. The maximum Gasteiger partial charge on any atom is 0.247 e. The zero-order valence-electron chi connectivity index (χ0n) is 17.6. The summed E-state index contributed by atoms with van der Waals surface area (Å²) in [5.41, 5.74) is 1.65. The first kappa shape index (κ1) is 19.9. The quantitative estimate of drug-likeness (QED) is 0.388. The van der Waals surface area contributed by atoms with Crippen LogP contribution in [0.2, 0.25) is 0 Å². The van der Waals surface area contributed by atoms with Crippen molar-refractivity contribution in [1.82, 2.24) is 19.4 Å². The van der Waals surface area contributed by atoms with E-state index in [-0.39, 0.29) is 6.04 Å². The second-order valence-electron chi connectivity index (χ2n) is 7.81. The molecule has 3 heterocycles. The molecule has 4 aromatic rings. The number of ether oxygens (including phenoxy) is 2. The molecule has 0 radical (unpaired) electrons. The molecule has 1 saturated heterocycles. The molecule has 2 aromatic heterocycles. The monoisotopic (exact) mass is 425 g/mol. The van der Waals surface area contributed by atoms with Gasteiger partial charge in [-0.25, -0.2) is 4.98 Å². The van der Waals surface area contributed by atoms with E-state index in [1.807, 2.05) is 71.8 Å². The number of hydrogen-bond donors (Lipinski definition) is 0. The lowest BCUT2D eigenvalue weighted by molar-refractivity contribution is 0.204. The van der Waals surface area contributed by atoms with E-state index in [4.69, 9.17) is 9.47 Å². The summed E-state index contributed by atoms with van der Waals surface area (Å²) in [5, 5.41) is 9.48. The van der Waals surface area contributed by atoms with E-state index in [1.54, 1.807) is 0 Å². The van der Waals surface area contributed by atoms with Crippen LogP contribution in [0.1, 0.15) is 19.3 Å². The average molecular weight is 425 g/mol. The van der Waals surface area contributed by atoms with Crippen molar-refractivity contribution >= 4 is 11.0 Å². The van der Waals surface area contributed by atoms with Gasteiger partial charge < -0.3 is 18.9 Å². The van der Waals surface area contributed by atoms with Gasteiger partial charge in [0.1, 0.15) is 29.1 Å². The third-order valence-electron chi connectivity index (χ3n) is 5.70. The van der Waals surface area contributed by atoms with Crippen molar-refractivity contribution in [1.29, 1.82) is 5.26 Å². The van der Waals surface area contributed by atoms with Crippen LogP contribution >= 0.6 is 0 Å². The molecule has 7 heteroatoms. The van der Waals surface area contributed by atoms with Gasteiger partial charge in [-0.2, -0.15) is 10.2 Å². The van der Waals surface area contributed by atoms with E-state index in [2.05, 4.69) is 20.7 Å². The fourth-order valence-corrected chi connectivity index (χ4v) is 4.09. The van der Waals surface area contributed by atoms with Gasteiger partial charge in [-0.3, -0.25) is 0 Å². The Labute approximate surface area is 186 Å². The second-order valence-corrected chi connectivity index (χ2v) is 7.81. The minimum absolute atomic E-state index is 0.173.